The largest absolute Gasteiger partial charge is 0.491 e. The molecule has 0 radical (unpaired) electrons. The number of ether oxygens (including phenoxy) is 1. The molecule has 0 amide bonds. The maximum absolute atomic E-state index is 9.49. The molecule has 1 aromatic heterocycles. The Balaban J connectivity index is 1.86. The first-order valence-electron chi connectivity index (χ1n) is 5.34. The molecule has 0 atom stereocenters. The topological polar surface area (TPSA) is 51.6 Å². The van der Waals surface area contributed by atoms with Crippen molar-refractivity contribution in [1.29, 1.82) is 0 Å². The Bertz CT molecular complexity index is 533. The van der Waals surface area contributed by atoms with Crippen molar-refractivity contribution in [3.05, 3.63) is 48.2 Å². The third kappa shape index (κ3) is 2.02. The number of aromatic nitrogens is 1. The zero-order valence-corrected chi connectivity index (χ0v) is 9.04. The van der Waals surface area contributed by atoms with Gasteiger partial charge in [-0.05, 0) is 29.2 Å². The number of hydrogen-bond donors (Lipinski definition) is 1. The van der Waals surface area contributed by atoms with E-state index < -0.39 is 7.12 Å². The zero-order chi connectivity index (χ0) is 11.7. The van der Waals surface area contributed by atoms with E-state index in [9.17, 15) is 5.02 Å². The summed E-state index contributed by atoms with van der Waals surface area (Å²) in [4.78, 5) is 4.08. The molecule has 1 aromatic carbocycles. The highest BCUT2D eigenvalue weighted by atomic mass is 16.5. The molecular formula is C12H10BNO3. The van der Waals surface area contributed by atoms with Crippen LogP contribution in [-0.2, 0) is 11.3 Å². The van der Waals surface area contributed by atoms with Crippen molar-refractivity contribution in [2.45, 2.75) is 6.61 Å². The molecule has 84 valence electrons. The predicted molar refractivity (Wildman–Crippen MR) is 63.1 cm³/mol. The Labute approximate surface area is 99.0 Å². The lowest BCUT2D eigenvalue weighted by Crippen LogP contribution is -2.27. The van der Waals surface area contributed by atoms with Crippen molar-refractivity contribution in [1.82, 2.24) is 4.98 Å². The summed E-state index contributed by atoms with van der Waals surface area (Å²) in [6.07, 6.45) is 1.68. The van der Waals surface area contributed by atoms with Crippen molar-refractivity contribution in [2.75, 3.05) is 0 Å². The van der Waals surface area contributed by atoms with Gasteiger partial charge in [0.25, 0.3) is 0 Å². The second-order valence-corrected chi connectivity index (χ2v) is 3.79. The van der Waals surface area contributed by atoms with Gasteiger partial charge < -0.3 is 14.4 Å². The van der Waals surface area contributed by atoms with Crippen LogP contribution in [0.1, 0.15) is 5.56 Å². The van der Waals surface area contributed by atoms with Crippen LogP contribution in [0.2, 0.25) is 0 Å². The predicted octanol–water partition coefficient (Wildman–Crippen LogP) is 1.09. The Morgan fingerprint density at radius 2 is 2.24 bits per heavy atom. The number of hydrogen-bond acceptors (Lipinski definition) is 4. The highest BCUT2D eigenvalue weighted by molar-refractivity contribution is 6.61. The zero-order valence-electron chi connectivity index (χ0n) is 9.04. The molecule has 0 saturated heterocycles. The van der Waals surface area contributed by atoms with Crippen LogP contribution in [-0.4, -0.2) is 17.1 Å². The molecular weight excluding hydrogens is 217 g/mol. The van der Waals surface area contributed by atoms with Gasteiger partial charge in [0.2, 0.25) is 5.88 Å². The highest BCUT2D eigenvalue weighted by Gasteiger charge is 2.27. The summed E-state index contributed by atoms with van der Waals surface area (Å²) in [5, 5.41) is 9.49. The molecule has 3 rings (SSSR count). The van der Waals surface area contributed by atoms with Crippen LogP contribution >= 0.6 is 0 Å². The normalized spacial score (nSPS) is 13.6. The number of fused-ring (bicyclic) bond motifs is 1. The van der Waals surface area contributed by atoms with Gasteiger partial charge in [0.15, 0.2) is 0 Å². The van der Waals surface area contributed by atoms with E-state index in [1.54, 1.807) is 18.3 Å². The molecule has 0 fully saturated rings. The molecule has 0 spiro atoms. The van der Waals surface area contributed by atoms with Crippen LogP contribution in [0, 0.1) is 0 Å². The van der Waals surface area contributed by atoms with Gasteiger partial charge in [0.1, 0.15) is 5.75 Å². The molecule has 1 aliphatic heterocycles. The Kier molecular flexibility index (Phi) is 2.55. The Hall–Kier alpha value is -1.85. The Morgan fingerprint density at radius 3 is 3.06 bits per heavy atom. The minimum Gasteiger partial charge on any atom is -0.439 e. The van der Waals surface area contributed by atoms with Crippen molar-refractivity contribution in [2.24, 2.45) is 0 Å². The lowest BCUT2D eigenvalue weighted by atomic mass is 9.80. The minimum absolute atomic E-state index is 0.413. The van der Waals surface area contributed by atoms with E-state index in [0.717, 1.165) is 11.0 Å². The van der Waals surface area contributed by atoms with Gasteiger partial charge in [-0.1, -0.05) is 12.1 Å². The molecule has 4 nitrogen and oxygen atoms in total. The van der Waals surface area contributed by atoms with Crippen molar-refractivity contribution >= 4 is 12.6 Å². The maximum Gasteiger partial charge on any atom is 0.491 e. The fourth-order valence-electron chi connectivity index (χ4n) is 1.80. The lowest BCUT2D eigenvalue weighted by Gasteiger charge is -2.05. The number of rotatable bonds is 2. The molecule has 2 aromatic rings. The highest BCUT2D eigenvalue weighted by Crippen LogP contribution is 2.21. The summed E-state index contributed by atoms with van der Waals surface area (Å²) in [7, 11) is -0.811. The summed E-state index contributed by atoms with van der Waals surface area (Å²) in [5.41, 5.74) is 1.75. The van der Waals surface area contributed by atoms with Crippen LogP contribution in [0.15, 0.2) is 42.6 Å². The first-order valence-corrected chi connectivity index (χ1v) is 5.34. The van der Waals surface area contributed by atoms with E-state index in [4.69, 9.17) is 9.39 Å². The third-order valence-electron chi connectivity index (χ3n) is 2.64. The molecule has 17 heavy (non-hydrogen) atoms. The van der Waals surface area contributed by atoms with Crippen LogP contribution < -0.4 is 10.2 Å². The van der Waals surface area contributed by atoms with Gasteiger partial charge in [-0.15, -0.1) is 0 Å². The van der Waals surface area contributed by atoms with Gasteiger partial charge in [-0.2, -0.15) is 0 Å². The van der Waals surface area contributed by atoms with E-state index in [1.165, 1.54) is 0 Å². The van der Waals surface area contributed by atoms with E-state index in [0.29, 0.717) is 18.2 Å². The number of pyridine rings is 1. The number of nitrogens with zero attached hydrogens (tertiary/aromatic N) is 1. The summed E-state index contributed by atoms with van der Waals surface area (Å²) in [5.74, 6) is 1.24. The number of benzene rings is 1. The van der Waals surface area contributed by atoms with Gasteiger partial charge >= 0.3 is 7.12 Å². The summed E-state index contributed by atoms with van der Waals surface area (Å²) in [6.45, 7) is 0.413. The molecule has 0 unspecified atom stereocenters. The van der Waals surface area contributed by atoms with Gasteiger partial charge in [-0.25, -0.2) is 4.98 Å². The fraction of sp³-hybridized carbons (Fsp3) is 0.0833. The molecule has 1 aliphatic rings. The second kappa shape index (κ2) is 4.20. The SMILES string of the molecule is OB1OCc2cc(Oc3ccccn3)ccc21. The van der Waals surface area contributed by atoms with Crippen molar-refractivity contribution in [3.8, 4) is 11.6 Å². The van der Waals surface area contributed by atoms with Crippen LogP contribution in [0.5, 0.6) is 11.6 Å². The van der Waals surface area contributed by atoms with Crippen LogP contribution in [0.4, 0.5) is 0 Å². The average molecular weight is 227 g/mol. The minimum atomic E-state index is -0.811. The molecule has 0 aliphatic carbocycles. The maximum atomic E-state index is 9.49. The van der Waals surface area contributed by atoms with Crippen LogP contribution in [0.25, 0.3) is 0 Å². The first kappa shape index (κ1) is 10.3. The van der Waals surface area contributed by atoms with E-state index >= 15 is 0 Å². The van der Waals surface area contributed by atoms with Crippen molar-refractivity contribution in [3.63, 3.8) is 0 Å². The quantitative estimate of drug-likeness (QED) is 0.780. The molecule has 5 heteroatoms. The lowest BCUT2D eigenvalue weighted by molar-refractivity contribution is 0.275. The van der Waals surface area contributed by atoms with E-state index in [2.05, 4.69) is 4.98 Å². The summed E-state index contributed by atoms with van der Waals surface area (Å²) in [6, 6.07) is 11.0. The van der Waals surface area contributed by atoms with Gasteiger partial charge in [0.05, 0.1) is 6.61 Å². The van der Waals surface area contributed by atoms with E-state index in [1.807, 2.05) is 24.3 Å². The Morgan fingerprint density at radius 1 is 1.29 bits per heavy atom. The third-order valence-corrected chi connectivity index (χ3v) is 2.64. The van der Waals surface area contributed by atoms with Gasteiger partial charge in [-0.3, -0.25) is 0 Å². The van der Waals surface area contributed by atoms with Crippen molar-refractivity contribution < 1.29 is 14.4 Å². The monoisotopic (exact) mass is 227 g/mol. The van der Waals surface area contributed by atoms with E-state index in [-0.39, 0.29) is 0 Å². The molecule has 0 bridgehead atoms. The fourth-order valence-corrected chi connectivity index (χ4v) is 1.80. The molecule has 2 heterocycles. The summed E-state index contributed by atoms with van der Waals surface area (Å²) < 4.78 is 10.7. The summed E-state index contributed by atoms with van der Waals surface area (Å²) >= 11 is 0. The van der Waals surface area contributed by atoms with Gasteiger partial charge in [0, 0.05) is 12.3 Å². The standard InChI is InChI=1S/C12H10BNO3/c15-13-11-5-4-10(7-9(11)8-16-13)17-12-3-1-2-6-14-12/h1-7,15H,8H2. The smallest absolute Gasteiger partial charge is 0.439 e. The molecule has 0 saturated carbocycles. The second-order valence-electron chi connectivity index (χ2n) is 3.79. The average Bonchev–Trinajstić information content (AvgIpc) is 2.72. The molecule has 1 N–H and O–H groups in total. The first-order chi connectivity index (χ1) is 8.33. The van der Waals surface area contributed by atoms with Crippen LogP contribution in [0.3, 0.4) is 0 Å².